The molecule has 0 atom stereocenters. The highest BCUT2D eigenvalue weighted by molar-refractivity contribution is 7.99. The molecule has 0 unspecified atom stereocenters. The lowest BCUT2D eigenvalue weighted by Crippen LogP contribution is -2.14. The molecule has 134 valence electrons. The molecule has 0 aliphatic carbocycles. The van der Waals surface area contributed by atoms with E-state index < -0.39 is 5.91 Å². The number of halogens is 1. The standard InChI is InChI=1S/C18H17ClN4O2S/c1-12-5-2-3-8-15(12)25-10-17-21-22-18(26-11-16(20)24)23(17)14-7-4-6-13(19)9-14/h2-9H,10-11H2,1H3,(H2,20,24). The summed E-state index contributed by atoms with van der Waals surface area (Å²) in [4.78, 5) is 11.1. The minimum Gasteiger partial charge on any atom is -0.485 e. The Kier molecular flexibility index (Phi) is 5.80. The van der Waals surface area contributed by atoms with E-state index in [2.05, 4.69) is 10.2 Å². The fourth-order valence-electron chi connectivity index (χ4n) is 2.36. The lowest BCUT2D eigenvalue weighted by molar-refractivity contribution is -0.115. The van der Waals surface area contributed by atoms with Gasteiger partial charge in [0.1, 0.15) is 12.4 Å². The van der Waals surface area contributed by atoms with Crippen LogP contribution in [-0.2, 0) is 11.4 Å². The molecule has 0 radical (unpaired) electrons. The fraction of sp³-hybridized carbons (Fsp3) is 0.167. The van der Waals surface area contributed by atoms with Gasteiger partial charge in [0.2, 0.25) is 5.91 Å². The van der Waals surface area contributed by atoms with Crippen LogP contribution in [-0.4, -0.2) is 26.4 Å². The lowest BCUT2D eigenvalue weighted by Gasteiger charge is -2.12. The Morgan fingerprint density at radius 3 is 2.77 bits per heavy atom. The molecule has 1 aromatic heterocycles. The molecule has 0 bridgehead atoms. The van der Waals surface area contributed by atoms with Gasteiger partial charge < -0.3 is 10.5 Å². The van der Waals surface area contributed by atoms with Crippen molar-refractivity contribution in [1.82, 2.24) is 14.8 Å². The molecular weight excluding hydrogens is 372 g/mol. The quantitative estimate of drug-likeness (QED) is 0.627. The zero-order chi connectivity index (χ0) is 18.5. The van der Waals surface area contributed by atoms with Gasteiger partial charge in [-0.25, -0.2) is 0 Å². The van der Waals surface area contributed by atoms with Gasteiger partial charge in [0.15, 0.2) is 11.0 Å². The molecule has 0 fully saturated rings. The monoisotopic (exact) mass is 388 g/mol. The predicted octanol–water partition coefficient (Wildman–Crippen LogP) is 3.39. The molecule has 0 aliphatic rings. The first-order chi connectivity index (χ1) is 12.5. The van der Waals surface area contributed by atoms with Crippen LogP contribution in [0.25, 0.3) is 5.69 Å². The molecule has 26 heavy (non-hydrogen) atoms. The third-order valence-corrected chi connectivity index (χ3v) is 4.75. The van der Waals surface area contributed by atoms with E-state index in [4.69, 9.17) is 22.1 Å². The third-order valence-electron chi connectivity index (χ3n) is 3.56. The number of thioether (sulfide) groups is 1. The van der Waals surface area contributed by atoms with Crippen LogP contribution in [0, 0.1) is 6.92 Å². The number of nitrogens with zero attached hydrogens (tertiary/aromatic N) is 3. The van der Waals surface area contributed by atoms with Crippen LogP contribution < -0.4 is 10.5 Å². The van der Waals surface area contributed by atoms with E-state index in [9.17, 15) is 4.79 Å². The van der Waals surface area contributed by atoms with Crippen molar-refractivity contribution >= 4 is 29.3 Å². The van der Waals surface area contributed by atoms with Crippen LogP contribution in [0.1, 0.15) is 11.4 Å². The maximum atomic E-state index is 11.1. The van der Waals surface area contributed by atoms with E-state index in [-0.39, 0.29) is 12.4 Å². The van der Waals surface area contributed by atoms with Crippen LogP contribution >= 0.6 is 23.4 Å². The summed E-state index contributed by atoms with van der Waals surface area (Å²) in [6.45, 7) is 2.20. The lowest BCUT2D eigenvalue weighted by atomic mass is 10.2. The average Bonchev–Trinajstić information content (AvgIpc) is 3.02. The first-order valence-electron chi connectivity index (χ1n) is 7.84. The molecule has 6 nitrogen and oxygen atoms in total. The van der Waals surface area contributed by atoms with Crippen LogP contribution in [0.2, 0.25) is 5.02 Å². The molecule has 0 spiro atoms. The van der Waals surface area contributed by atoms with Crippen molar-refractivity contribution in [2.45, 2.75) is 18.7 Å². The second-order valence-electron chi connectivity index (χ2n) is 5.52. The number of primary amides is 1. The highest BCUT2D eigenvalue weighted by atomic mass is 35.5. The van der Waals surface area contributed by atoms with Gasteiger partial charge in [-0.15, -0.1) is 10.2 Å². The highest BCUT2D eigenvalue weighted by Gasteiger charge is 2.16. The Morgan fingerprint density at radius 2 is 2.04 bits per heavy atom. The largest absolute Gasteiger partial charge is 0.485 e. The van der Waals surface area contributed by atoms with E-state index in [0.717, 1.165) is 17.0 Å². The molecule has 3 rings (SSSR count). The summed E-state index contributed by atoms with van der Waals surface area (Å²) in [5.74, 6) is 1.06. The van der Waals surface area contributed by atoms with Crippen molar-refractivity contribution in [1.29, 1.82) is 0 Å². The van der Waals surface area contributed by atoms with Crippen molar-refractivity contribution in [2.24, 2.45) is 5.73 Å². The Balaban J connectivity index is 1.91. The van der Waals surface area contributed by atoms with Gasteiger partial charge in [-0.2, -0.15) is 0 Å². The summed E-state index contributed by atoms with van der Waals surface area (Å²) in [6.07, 6.45) is 0. The molecule has 3 aromatic rings. The van der Waals surface area contributed by atoms with E-state index in [1.54, 1.807) is 12.1 Å². The number of hydrogen-bond acceptors (Lipinski definition) is 5. The van der Waals surface area contributed by atoms with Gasteiger partial charge >= 0.3 is 0 Å². The molecule has 2 N–H and O–H groups in total. The molecule has 0 aliphatic heterocycles. The minimum absolute atomic E-state index is 0.108. The van der Waals surface area contributed by atoms with Gasteiger partial charge in [0.05, 0.1) is 11.4 Å². The van der Waals surface area contributed by atoms with E-state index in [1.807, 2.05) is 47.9 Å². The summed E-state index contributed by atoms with van der Waals surface area (Å²) in [7, 11) is 0. The topological polar surface area (TPSA) is 83.0 Å². The minimum atomic E-state index is -0.423. The Morgan fingerprint density at radius 1 is 1.23 bits per heavy atom. The molecule has 2 aromatic carbocycles. The SMILES string of the molecule is Cc1ccccc1OCc1nnc(SCC(N)=O)n1-c1cccc(Cl)c1. The highest BCUT2D eigenvalue weighted by Crippen LogP contribution is 2.25. The van der Waals surface area contributed by atoms with E-state index >= 15 is 0 Å². The van der Waals surface area contributed by atoms with Crippen molar-refractivity contribution < 1.29 is 9.53 Å². The van der Waals surface area contributed by atoms with Crippen LogP contribution in [0.4, 0.5) is 0 Å². The van der Waals surface area contributed by atoms with Gasteiger partial charge in [-0.05, 0) is 36.8 Å². The molecule has 1 amide bonds. The number of aryl methyl sites for hydroxylation is 1. The zero-order valence-electron chi connectivity index (χ0n) is 14.1. The van der Waals surface area contributed by atoms with Crippen molar-refractivity contribution in [3.63, 3.8) is 0 Å². The van der Waals surface area contributed by atoms with E-state index in [1.165, 1.54) is 11.8 Å². The number of hydrogen-bond donors (Lipinski definition) is 1. The van der Waals surface area contributed by atoms with Gasteiger partial charge in [0.25, 0.3) is 0 Å². The van der Waals surface area contributed by atoms with Gasteiger partial charge in [0, 0.05) is 5.02 Å². The predicted molar refractivity (Wildman–Crippen MR) is 102 cm³/mol. The summed E-state index contributed by atoms with van der Waals surface area (Å²) >= 11 is 7.34. The number of amides is 1. The Labute approximate surface area is 160 Å². The molecule has 8 heteroatoms. The first-order valence-corrected chi connectivity index (χ1v) is 9.20. The number of carbonyl (C=O) groups excluding carboxylic acids is 1. The molecule has 0 saturated carbocycles. The van der Waals surface area contributed by atoms with Gasteiger partial charge in [-0.3, -0.25) is 9.36 Å². The van der Waals surface area contributed by atoms with Crippen LogP contribution in [0.5, 0.6) is 5.75 Å². The fourth-order valence-corrected chi connectivity index (χ4v) is 3.25. The Bertz CT molecular complexity index is 929. The van der Waals surface area contributed by atoms with E-state index in [0.29, 0.717) is 16.0 Å². The Hall–Kier alpha value is -2.51. The molecule has 0 saturated heterocycles. The number of rotatable bonds is 7. The maximum Gasteiger partial charge on any atom is 0.227 e. The van der Waals surface area contributed by atoms with Gasteiger partial charge in [-0.1, -0.05) is 47.6 Å². The van der Waals surface area contributed by atoms with Crippen molar-refractivity contribution in [3.8, 4) is 11.4 Å². The maximum absolute atomic E-state index is 11.1. The number of carbonyl (C=O) groups is 1. The summed E-state index contributed by atoms with van der Waals surface area (Å²) in [5, 5.41) is 9.53. The number of para-hydroxylation sites is 1. The number of benzene rings is 2. The summed E-state index contributed by atoms with van der Waals surface area (Å²) < 4.78 is 7.71. The first kappa shape index (κ1) is 18.3. The number of ether oxygens (including phenoxy) is 1. The summed E-state index contributed by atoms with van der Waals surface area (Å²) in [5.41, 5.74) is 7.07. The van der Waals surface area contributed by atoms with Crippen molar-refractivity contribution in [2.75, 3.05) is 5.75 Å². The second-order valence-corrected chi connectivity index (χ2v) is 6.90. The molecular formula is C18H17ClN4O2S. The zero-order valence-corrected chi connectivity index (χ0v) is 15.6. The number of nitrogens with two attached hydrogens (primary N) is 1. The number of aromatic nitrogens is 3. The van der Waals surface area contributed by atoms with Crippen LogP contribution in [0.3, 0.4) is 0 Å². The smallest absolute Gasteiger partial charge is 0.227 e. The molecule has 1 heterocycles. The second kappa shape index (κ2) is 8.25. The summed E-state index contributed by atoms with van der Waals surface area (Å²) in [6, 6.07) is 15.1. The average molecular weight is 389 g/mol. The van der Waals surface area contributed by atoms with Crippen molar-refractivity contribution in [3.05, 3.63) is 64.9 Å². The third kappa shape index (κ3) is 4.36. The van der Waals surface area contributed by atoms with Crippen LogP contribution in [0.15, 0.2) is 53.7 Å². The normalized spacial score (nSPS) is 10.7.